The van der Waals surface area contributed by atoms with Gasteiger partial charge >= 0.3 is 0 Å². The van der Waals surface area contributed by atoms with Crippen molar-refractivity contribution in [2.24, 2.45) is 0 Å². The van der Waals surface area contributed by atoms with Crippen LogP contribution in [0.5, 0.6) is 0 Å². The Hall–Kier alpha value is -3.65. The Morgan fingerprint density at radius 1 is 0.868 bits per heavy atom. The van der Waals surface area contributed by atoms with Crippen molar-refractivity contribution in [2.45, 2.75) is 57.5 Å². The molecule has 0 aliphatic rings. The Morgan fingerprint density at radius 2 is 1.45 bits per heavy atom. The molecular formula is C30H37N3O4S. The summed E-state index contributed by atoms with van der Waals surface area (Å²) in [4.78, 5) is 28.7. The van der Waals surface area contributed by atoms with E-state index in [2.05, 4.69) is 5.32 Å². The van der Waals surface area contributed by atoms with Crippen molar-refractivity contribution in [1.82, 2.24) is 10.2 Å². The number of sulfonamides is 1. The zero-order valence-electron chi connectivity index (χ0n) is 22.5. The molecule has 3 rings (SSSR count). The average Bonchev–Trinajstić information content (AvgIpc) is 2.90. The van der Waals surface area contributed by atoms with Crippen molar-refractivity contribution < 1.29 is 18.0 Å². The van der Waals surface area contributed by atoms with Gasteiger partial charge in [0.1, 0.15) is 12.6 Å². The van der Waals surface area contributed by atoms with Crippen molar-refractivity contribution in [2.75, 3.05) is 17.4 Å². The van der Waals surface area contributed by atoms with Crippen LogP contribution < -0.4 is 9.62 Å². The first-order chi connectivity index (χ1) is 18.1. The number of benzene rings is 3. The highest BCUT2D eigenvalue weighted by molar-refractivity contribution is 7.92. The van der Waals surface area contributed by atoms with E-state index in [4.69, 9.17) is 0 Å². The van der Waals surface area contributed by atoms with Crippen LogP contribution >= 0.6 is 0 Å². The minimum atomic E-state index is -4.05. The van der Waals surface area contributed by atoms with Crippen molar-refractivity contribution >= 4 is 27.5 Å². The number of rotatable bonds is 12. The van der Waals surface area contributed by atoms with Gasteiger partial charge in [0.15, 0.2) is 0 Å². The molecule has 0 heterocycles. The van der Waals surface area contributed by atoms with Crippen LogP contribution in [0.2, 0.25) is 0 Å². The lowest BCUT2D eigenvalue weighted by atomic mass is 10.1. The monoisotopic (exact) mass is 535 g/mol. The highest BCUT2D eigenvalue weighted by Crippen LogP contribution is 2.25. The fourth-order valence-corrected chi connectivity index (χ4v) is 5.67. The van der Waals surface area contributed by atoms with Crippen LogP contribution in [-0.4, -0.2) is 50.3 Å². The van der Waals surface area contributed by atoms with Gasteiger partial charge in [0, 0.05) is 12.6 Å². The van der Waals surface area contributed by atoms with E-state index >= 15 is 0 Å². The Bertz CT molecular complexity index is 1290. The summed E-state index contributed by atoms with van der Waals surface area (Å²) in [5, 5.41) is 2.91. The molecule has 0 aliphatic heterocycles. The lowest BCUT2D eigenvalue weighted by Crippen LogP contribution is -2.54. The molecule has 202 valence electrons. The van der Waals surface area contributed by atoms with Gasteiger partial charge in [-0.1, -0.05) is 73.2 Å². The number of anilines is 1. The Labute approximate surface area is 226 Å². The van der Waals surface area contributed by atoms with Gasteiger partial charge in [-0.15, -0.1) is 0 Å². The Kier molecular flexibility index (Phi) is 10.1. The van der Waals surface area contributed by atoms with Crippen LogP contribution in [0.3, 0.4) is 0 Å². The van der Waals surface area contributed by atoms with Crippen LogP contribution in [-0.2, 0) is 26.0 Å². The number of hydrogen-bond donors (Lipinski definition) is 1. The van der Waals surface area contributed by atoms with Gasteiger partial charge in [0.25, 0.3) is 10.0 Å². The van der Waals surface area contributed by atoms with Gasteiger partial charge in [0.2, 0.25) is 11.8 Å². The molecule has 0 fully saturated rings. The number of nitrogens with one attached hydrogen (secondary N) is 1. The van der Waals surface area contributed by atoms with Crippen molar-refractivity contribution in [3.8, 4) is 0 Å². The lowest BCUT2D eigenvalue weighted by Gasteiger charge is -2.33. The van der Waals surface area contributed by atoms with Crippen molar-refractivity contribution in [3.63, 3.8) is 0 Å². The second-order valence-electron chi connectivity index (χ2n) is 9.57. The molecule has 1 N–H and O–H groups in total. The first-order valence-corrected chi connectivity index (χ1v) is 14.4. The third kappa shape index (κ3) is 7.44. The highest BCUT2D eigenvalue weighted by atomic mass is 32.2. The maximum absolute atomic E-state index is 13.9. The summed E-state index contributed by atoms with van der Waals surface area (Å²) in [7, 11) is -4.05. The molecule has 0 unspecified atom stereocenters. The van der Waals surface area contributed by atoms with Crippen LogP contribution in [0.15, 0.2) is 89.8 Å². The summed E-state index contributed by atoms with van der Waals surface area (Å²) in [6.07, 6.45) is 0.934. The van der Waals surface area contributed by atoms with Crippen LogP contribution in [0.4, 0.5) is 5.69 Å². The molecule has 7 nitrogen and oxygen atoms in total. The highest BCUT2D eigenvalue weighted by Gasteiger charge is 2.33. The molecule has 0 aliphatic carbocycles. The third-order valence-corrected chi connectivity index (χ3v) is 8.02. The van der Waals surface area contributed by atoms with Gasteiger partial charge < -0.3 is 10.2 Å². The zero-order valence-corrected chi connectivity index (χ0v) is 23.3. The molecule has 3 aromatic carbocycles. The standard InChI is InChI=1S/C30H37N3O4S/c1-5-28(30(35)31-23(2)3)32(21-20-25-12-8-6-9-13-25)29(34)22-33(26-18-16-24(4)17-19-26)38(36,37)27-14-10-7-11-15-27/h6-19,23,28H,5,20-22H2,1-4H3,(H,31,35)/t28-/m1/s1. The maximum atomic E-state index is 13.9. The van der Waals surface area contributed by atoms with Crippen LogP contribution in [0.1, 0.15) is 38.3 Å². The van der Waals surface area contributed by atoms with E-state index in [9.17, 15) is 18.0 Å². The normalized spacial score (nSPS) is 12.1. The molecular weight excluding hydrogens is 498 g/mol. The molecule has 0 bridgehead atoms. The minimum absolute atomic E-state index is 0.0915. The summed E-state index contributed by atoms with van der Waals surface area (Å²) in [5.74, 6) is -0.691. The van der Waals surface area contributed by atoms with E-state index in [0.717, 1.165) is 15.4 Å². The first-order valence-electron chi connectivity index (χ1n) is 12.9. The van der Waals surface area contributed by atoms with E-state index in [1.807, 2.05) is 70.2 Å². The fraction of sp³-hybridized carbons (Fsp3) is 0.333. The molecule has 1 atom stereocenters. The predicted octanol–water partition coefficient (Wildman–Crippen LogP) is 4.56. The predicted molar refractivity (Wildman–Crippen MR) is 151 cm³/mol. The van der Waals surface area contributed by atoms with E-state index < -0.39 is 28.5 Å². The Balaban J connectivity index is 1.99. The molecule has 38 heavy (non-hydrogen) atoms. The van der Waals surface area contributed by atoms with E-state index in [1.54, 1.807) is 30.3 Å². The van der Waals surface area contributed by atoms with Crippen LogP contribution in [0.25, 0.3) is 0 Å². The summed E-state index contributed by atoms with van der Waals surface area (Å²) >= 11 is 0. The van der Waals surface area contributed by atoms with Crippen molar-refractivity contribution in [1.29, 1.82) is 0 Å². The lowest BCUT2D eigenvalue weighted by molar-refractivity contribution is -0.139. The first kappa shape index (κ1) is 28.9. The fourth-order valence-electron chi connectivity index (χ4n) is 4.24. The molecule has 2 amide bonds. The molecule has 0 aromatic heterocycles. The van der Waals surface area contributed by atoms with Gasteiger partial charge in [-0.05, 0) is 63.4 Å². The second kappa shape index (κ2) is 13.2. The van der Waals surface area contributed by atoms with E-state index in [-0.39, 0.29) is 23.4 Å². The van der Waals surface area contributed by atoms with Gasteiger partial charge in [-0.3, -0.25) is 13.9 Å². The molecule has 8 heteroatoms. The third-order valence-electron chi connectivity index (χ3n) is 6.23. The van der Waals surface area contributed by atoms with Gasteiger partial charge in [0.05, 0.1) is 10.6 Å². The molecule has 0 radical (unpaired) electrons. The van der Waals surface area contributed by atoms with Gasteiger partial charge in [-0.2, -0.15) is 0 Å². The Morgan fingerprint density at radius 3 is 2.00 bits per heavy atom. The number of carbonyl (C=O) groups is 2. The molecule has 0 spiro atoms. The van der Waals surface area contributed by atoms with E-state index in [1.165, 1.54) is 17.0 Å². The number of hydrogen-bond acceptors (Lipinski definition) is 4. The maximum Gasteiger partial charge on any atom is 0.264 e. The van der Waals surface area contributed by atoms with E-state index in [0.29, 0.717) is 18.5 Å². The summed E-state index contributed by atoms with van der Waals surface area (Å²) < 4.78 is 28.6. The summed E-state index contributed by atoms with van der Waals surface area (Å²) in [5.41, 5.74) is 2.38. The average molecular weight is 536 g/mol. The molecule has 0 saturated heterocycles. The largest absolute Gasteiger partial charge is 0.352 e. The van der Waals surface area contributed by atoms with Gasteiger partial charge in [-0.25, -0.2) is 8.42 Å². The second-order valence-corrected chi connectivity index (χ2v) is 11.4. The number of aryl methyl sites for hydroxylation is 1. The summed E-state index contributed by atoms with van der Waals surface area (Å²) in [6.45, 7) is 7.35. The number of nitrogens with zero attached hydrogens (tertiary/aromatic N) is 2. The van der Waals surface area contributed by atoms with Crippen molar-refractivity contribution in [3.05, 3.63) is 96.1 Å². The zero-order chi connectivity index (χ0) is 27.7. The molecule has 0 saturated carbocycles. The topological polar surface area (TPSA) is 86.8 Å². The molecule has 3 aromatic rings. The quantitative estimate of drug-likeness (QED) is 0.368. The summed E-state index contributed by atoms with van der Waals surface area (Å²) in [6, 6.07) is 24.0. The minimum Gasteiger partial charge on any atom is -0.352 e. The van der Waals surface area contributed by atoms with Crippen LogP contribution in [0, 0.1) is 6.92 Å². The number of amides is 2. The smallest absolute Gasteiger partial charge is 0.264 e. The SMILES string of the molecule is CC[C@H](C(=O)NC(C)C)N(CCc1ccccc1)C(=O)CN(c1ccc(C)cc1)S(=O)(=O)c1ccccc1. The number of carbonyl (C=O) groups excluding carboxylic acids is 2.